The Kier molecular flexibility index (Phi) is 4.87. The molecule has 0 bridgehead atoms. The number of benzene rings is 2. The van der Waals surface area contributed by atoms with E-state index in [0.29, 0.717) is 10.0 Å². The minimum absolute atomic E-state index is 0.00697. The van der Waals surface area contributed by atoms with E-state index < -0.39 is 0 Å². The van der Waals surface area contributed by atoms with Gasteiger partial charge in [-0.1, -0.05) is 59.1 Å². The maximum absolute atomic E-state index is 9.60. The van der Waals surface area contributed by atoms with Gasteiger partial charge in [-0.15, -0.1) is 0 Å². The van der Waals surface area contributed by atoms with Crippen LogP contribution in [0.15, 0.2) is 42.5 Å². The molecular weight excluding hydrogens is 279 g/mol. The van der Waals surface area contributed by atoms with Gasteiger partial charge in [0.1, 0.15) is 0 Å². The lowest BCUT2D eigenvalue weighted by Crippen LogP contribution is -2.08. The van der Waals surface area contributed by atoms with Crippen LogP contribution >= 0.6 is 23.2 Å². The van der Waals surface area contributed by atoms with Crippen molar-refractivity contribution in [2.75, 3.05) is 6.61 Å². The molecule has 2 aromatic carbocycles. The van der Waals surface area contributed by atoms with Crippen LogP contribution in [0.1, 0.15) is 22.6 Å². The summed E-state index contributed by atoms with van der Waals surface area (Å²) in [7, 11) is 0. The Morgan fingerprint density at radius 1 is 1.05 bits per heavy atom. The Morgan fingerprint density at radius 2 is 1.74 bits per heavy atom. The first kappa shape index (κ1) is 14.4. The fourth-order valence-electron chi connectivity index (χ4n) is 2.11. The van der Waals surface area contributed by atoms with Gasteiger partial charge in [0, 0.05) is 16.0 Å². The molecule has 1 atom stereocenters. The van der Waals surface area contributed by atoms with Gasteiger partial charge in [0.05, 0.1) is 6.61 Å². The molecular formula is C16H16Cl2O. The van der Waals surface area contributed by atoms with Crippen molar-refractivity contribution < 1.29 is 5.11 Å². The van der Waals surface area contributed by atoms with E-state index in [0.717, 1.165) is 12.0 Å². The van der Waals surface area contributed by atoms with E-state index in [4.69, 9.17) is 23.2 Å². The largest absolute Gasteiger partial charge is 0.396 e. The lowest BCUT2D eigenvalue weighted by Gasteiger charge is -2.16. The van der Waals surface area contributed by atoms with Crippen LogP contribution in [0.5, 0.6) is 0 Å². The summed E-state index contributed by atoms with van der Waals surface area (Å²) in [6.45, 7) is 2.12. The molecule has 2 rings (SSSR count). The van der Waals surface area contributed by atoms with Gasteiger partial charge in [0.2, 0.25) is 0 Å². The molecule has 0 spiro atoms. The van der Waals surface area contributed by atoms with E-state index >= 15 is 0 Å². The number of hydrogen-bond donors (Lipinski definition) is 1. The molecule has 19 heavy (non-hydrogen) atoms. The molecule has 0 saturated heterocycles. The zero-order valence-corrected chi connectivity index (χ0v) is 12.2. The highest BCUT2D eigenvalue weighted by Crippen LogP contribution is 2.29. The molecule has 0 aliphatic heterocycles. The third kappa shape index (κ3) is 3.73. The predicted molar refractivity (Wildman–Crippen MR) is 81.2 cm³/mol. The number of aryl methyl sites for hydroxylation is 1. The number of rotatable bonds is 4. The van der Waals surface area contributed by atoms with Crippen molar-refractivity contribution in [1.82, 2.24) is 0 Å². The number of aliphatic hydroxyl groups is 1. The topological polar surface area (TPSA) is 20.2 Å². The molecule has 3 heteroatoms. The molecule has 1 nitrogen and oxygen atoms in total. The number of aliphatic hydroxyl groups excluding tert-OH is 1. The maximum atomic E-state index is 9.60. The van der Waals surface area contributed by atoms with Crippen LogP contribution in [0.3, 0.4) is 0 Å². The number of halogens is 2. The van der Waals surface area contributed by atoms with Crippen molar-refractivity contribution in [1.29, 1.82) is 0 Å². The maximum Gasteiger partial charge on any atom is 0.0503 e. The molecule has 0 aliphatic carbocycles. The van der Waals surface area contributed by atoms with Crippen molar-refractivity contribution in [3.63, 3.8) is 0 Å². The molecule has 1 N–H and O–H groups in total. The van der Waals surface area contributed by atoms with Crippen LogP contribution < -0.4 is 0 Å². The van der Waals surface area contributed by atoms with Gasteiger partial charge < -0.3 is 5.11 Å². The minimum atomic E-state index is -0.00697. The Bertz CT molecular complexity index is 549. The summed E-state index contributed by atoms with van der Waals surface area (Å²) in [6, 6.07) is 13.7. The van der Waals surface area contributed by atoms with E-state index in [9.17, 15) is 5.11 Å². The van der Waals surface area contributed by atoms with Crippen LogP contribution in [0.2, 0.25) is 10.0 Å². The number of hydrogen-bond acceptors (Lipinski definition) is 1. The summed E-state index contributed by atoms with van der Waals surface area (Å²) in [5.74, 6) is -0.00697. The van der Waals surface area contributed by atoms with Crippen molar-refractivity contribution in [2.24, 2.45) is 0 Å². The summed E-state index contributed by atoms with van der Waals surface area (Å²) >= 11 is 12.1. The van der Waals surface area contributed by atoms with Crippen molar-refractivity contribution >= 4 is 23.2 Å². The summed E-state index contributed by atoms with van der Waals surface area (Å²) in [5.41, 5.74) is 3.36. The molecule has 2 aromatic rings. The summed E-state index contributed by atoms with van der Waals surface area (Å²) < 4.78 is 0. The average Bonchev–Trinajstić information content (AvgIpc) is 2.39. The third-order valence-electron chi connectivity index (χ3n) is 3.23. The molecule has 0 aliphatic rings. The monoisotopic (exact) mass is 294 g/mol. The van der Waals surface area contributed by atoms with Gasteiger partial charge in [0.15, 0.2) is 0 Å². The van der Waals surface area contributed by atoms with E-state index in [-0.39, 0.29) is 12.5 Å². The summed E-state index contributed by atoms with van der Waals surface area (Å²) in [5, 5.41) is 10.8. The van der Waals surface area contributed by atoms with Gasteiger partial charge >= 0.3 is 0 Å². The molecule has 0 aromatic heterocycles. The van der Waals surface area contributed by atoms with Crippen LogP contribution in [0.25, 0.3) is 0 Å². The van der Waals surface area contributed by atoms with Crippen LogP contribution in [-0.2, 0) is 6.42 Å². The fourth-order valence-corrected chi connectivity index (χ4v) is 2.68. The highest BCUT2D eigenvalue weighted by atomic mass is 35.5. The van der Waals surface area contributed by atoms with Crippen LogP contribution in [-0.4, -0.2) is 11.7 Å². The normalized spacial score (nSPS) is 12.4. The van der Waals surface area contributed by atoms with Crippen molar-refractivity contribution in [2.45, 2.75) is 19.3 Å². The molecule has 0 amide bonds. The van der Waals surface area contributed by atoms with Gasteiger partial charge in [-0.05, 0) is 36.6 Å². The highest BCUT2D eigenvalue weighted by Gasteiger charge is 2.15. The standard InChI is InChI=1S/C16H16Cl2O/c1-11-2-4-12(5-3-11)8-13(10-19)15-7-6-14(17)9-16(15)18/h2-7,9,13,19H,8,10H2,1H3. The minimum Gasteiger partial charge on any atom is -0.396 e. The molecule has 1 unspecified atom stereocenters. The van der Waals surface area contributed by atoms with Gasteiger partial charge in [-0.25, -0.2) is 0 Å². The predicted octanol–water partition coefficient (Wildman–Crippen LogP) is 4.62. The first-order valence-corrected chi connectivity index (χ1v) is 6.97. The van der Waals surface area contributed by atoms with Crippen LogP contribution in [0, 0.1) is 6.92 Å². The smallest absolute Gasteiger partial charge is 0.0503 e. The Morgan fingerprint density at radius 3 is 2.32 bits per heavy atom. The molecule has 0 heterocycles. The highest BCUT2D eigenvalue weighted by molar-refractivity contribution is 6.35. The van der Waals surface area contributed by atoms with E-state index in [1.54, 1.807) is 12.1 Å². The third-order valence-corrected chi connectivity index (χ3v) is 3.79. The lowest BCUT2D eigenvalue weighted by atomic mass is 9.92. The fraction of sp³-hybridized carbons (Fsp3) is 0.250. The quantitative estimate of drug-likeness (QED) is 0.872. The van der Waals surface area contributed by atoms with Gasteiger partial charge in [-0.3, -0.25) is 0 Å². The van der Waals surface area contributed by atoms with E-state index in [1.807, 2.05) is 6.07 Å². The lowest BCUT2D eigenvalue weighted by molar-refractivity contribution is 0.264. The van der Waals surface area contributed by atoms with Crippen molar-refractivity contribution in [3.05, 3.63) is 69.2 Å². The first-order chi connectivity index (χ1) is 9.10. The van der Waals surface area contributed by atoms with Gasteiger partial charge in [0.25, 0.3) is 0 Å². The average molecular weight is 295 g/mol. The summed E-state index contributed by atoms with van der Waals surface area (Å²) in [4.78, 5) is 0. The second-order valence-corrected chi connectivity index (χ2v) is 5.58. The Labute approximate surface area is 123 Å². The second-order valence-electron chi connectivity index (χ2n) is 4.74. The van der Waals surface area contributed by atoms with E-state index in [1.165, 1.54) is 11.1 Å². The Hall–Kier alpha value is -1.02. The van der Waals surface area contributed by atoms with Crippen molar-refractivity contribution in [3.8, 4) is 0 Å². The zero-order chi connectivity index (χ0) is 13.8. The van der Waals surface area contributed by atoms with Gasteiger partial charge in [-0.2, -0.15) is 0 Å². The molecule has 100 valence electrons. The second kappa shape index (κ2) is 6.42. The Balaban J connectivity index is 2.22. The SMILES string of the molecule is Cc1ccc(CC(CO)c2ccc(Cl)cc2Cl)cc1. The van der Waals surface area contributed by atoms with E-state index in [2.05, 4.69) is 31.2 Å². The first-order valence-electron chi connectivity index (χ1n) is 6.21. The molecule has 0 saturated carbocycles. The molecule has 0 radical (unpaired) electrons. The summed E-state index contributed by atoms with van der Waals surface area (Å²) in [6.07, 6.45) is 0.762. The molecule has 0 fully saturated rings. The van der Waals surface area contributed by atoms with Crippen LogP contribution in [0.4, 0.5) is 0 Å². The zero-order valence-electron chi connectivity index (χ0n) is 10.7.